The Balaban J connectivity index is 0.00000264. The number of nitrogens with two attached hydrogens (primary N) is 1. The van der Waals surface area contributed by atoms with Crippen LogP contribution >= 0.6 is 12.4 Å². The van der Waals surface area contributed by atoms with Crippen molar-refractivity contribution < 1.29 is 14.3 Å². The van der Waals surface area contributed by atoms with Gasteiger partial charge in [0.05, 0.1) is 6.61 Å². The van der Waals surface area contributed by atoms with Crippen molar-refractivity contribution >= 4 is 18.3 Å². The molecule has 5 nitrogen and oxygen atoms in total. The Morgan fingerprint density at radius 2 is 1.87 bits per heavy atom. The number of nitrogens with zero attached hydrogens (tertiary/aromatic N) is 1. The van der Waals surface area contributed by atoms with Crippen LogP contribution in [0, 0.1) is 5.92 Å². The van der Waals surface area contributed by atoms with Gasteiger partial charge in [-0.3, -0.25) is 4.79 Å². The second-order valence-corrected chi connectivity index (χ2v) is 5.84. The van der Waals surface area contributed by atoms with Crippen molar-refractivity contribution in [2.75, 3.05) is 26.3 Å². The number of halogens is 1. The number of likely N-dealkylation sites (tertiary alicyclic amines) is 1. The van der Waals surface area contributed by atoms with Gasteiger partial charge in [0, 0.05) is 12.6 Å². The summed E-state index contributed by atoms with van der Waals surface area (Å²) in [5.41, 5.74) is 5.69. The zero-order chi connectivity index (χ0) is 15.9. The third-order valence-electron chi connectivity index (χ3n) is 3.97. The zero-order valence-electron chi connectivity index (χ0n) is 13.9. The van der Waals surface area contributed by atoms with E-state index in [0.717, 1.165) is 25.1 Å². The van der Waals surface area contributed by atoms with Crippen molar-refractivity contribution in [3.8, 4) is 11.5 Å². The van der Waals surface area contributed by atoms with Crippen LogP contribution in [0.2, 0.25) is 0 Å². The molecule has 1 fully saturated rings. The van der Waals surface area contributed by atoms with Gasteiger partial charge in [-0.25, -0.2) is 0 Å². The molecule has 130 valence electrons. The molecule has 1 aromatic carbocycles. The Morgan fingerprint density at radius 1 is 1.26 bits per heavy atom. The SMILES string of the molecule is CCCOc1ccc(OCC(=O)N2CC(CN)CC2C)cc1.Cl. The molecule has 2 rings (SSSR count). The van der Waals surface area contributed by atoms with Gasteiger partial charge in [-0.15, -0.1) is 12.4 Å². The first kappa shape index (κ1) is 19.6. The van der Waals surface area contributed by atoms with E-state index in [1.807, 2.05) is 29.2 Å². The lowest BCUT2D eigenvalue weighted by Crippen LogP contribution is -2.37. The minimum atomic E-state index is 0. The quantitative estimate of drug-likeness (QED) is 0.826. The van der Waals surface area contributed by atoms with E-state index in [2.05, 4.69) is 13.8 Å². The maximum Gasteiger partial charge on any atom is 0.260 e. The molecule has 2 atom stereocenters. The first-order valence-corrected chi connectivity index (χ1v) is 7.99. The average molecular weight is 343 g/mol. The van der Waals surface area contributed by atoms with Crippen molar-refractivity contribution in [2.45, 2.75) is 32.7 Å². The summed E-state index contributed by atoms with van der Waals surface area (Å²) in [6, 6.07) is 7.62. The Kier molecular flexibility index (Phi) is 8.20. The summed E-state index contributed by atoms with van der Waals surface area (Å²) in [7, 11) is 0. The Hall–Kier alpha value is -1.46. The van der Waals surface area contributed by atoms with Crippen LogP contribution in [0.1, 0.15) is 26.7 Å². The third kappa shape index (κ3) is 5.59. The van der Waals surface area contributed by atoms with E-state index < -0.39 is 0 Å². The lowest BCUT2D eigenvalue weighted by atomic mass is 10.1. The van der Waals surface area contributed by atoms with Gasteiger partial charge in [-0.2, -0.15) is 0 Å². The summed E-state index contributed by atoms with van der Waals surface area (Å²) >= 11 is 0. The minimum Gasteiger partial charge on any atom is -0.494 e. The number of benzene rings is 1. The van der Waals surface area contributed by atoms with Crippen LogP contribution in [-0.4, -0.2) is 43.2 Å². The molecule has 1 aliphatic heterocycles. The molecule has 2 N–H and O–H groups in total. The van der Waals surface area contributed by atoms with Gasteiger partial charge in [0.2, 0.25) is 0 Å². The Morgan fingerprint density at radius 3 is 2.39 bits per heavy atom. The second-order valence-electron chi connectivity index (χ2n) is 5.84. The smallest absolute Gasteiger partial charge is 0.260 e. The fourth-order valence-corrected chi connectivity index (χ4v) is 2.74. The van der Waals surface area contributed by atoms with Crippen molar-refractivity contribution in [3.05, 3.63) is 24.3 Å². The van der Waals surface area contributed by atoms with E-state index in [1.165, 1.54) is 0 Å². The van der Waals surface area contributed by atoms with Gasteiger partial charge < -0.3 is 20.1 Å². The summed E-state index contributed by atoms with van der Waals surface area (Å²) in [5, 5.41) is 0. The lowest BCUT2D eigenvalue weighted by molar-refractivity contribution is -0.134. The molecule has 0 bridgehead atoms. The molecule has 0 radical (unpaired) electrons. The van der Waals surface area contributed by atoms with Gasteiger partial charge in [0.15, 0.2) is 6.61 Å². The highest BCUT2D eigenvalue weighted by Crippen LogP contribution is 2.23. The number of hydrogen-bond donors (Lipinski definition) is 1. The predicted octanol–water partition coefficient (Wildman–Crippen LogP) is 2.47. The van der Waals surface area contributed by atoms with E-state index in [4.69, 9.17) is 15.2 Å². The van der Waals surface area contributed by atoms with Crippen LogP contribution in [0.15, 0.2) is 24.3 Å². The molecule has 0 saturated carbocycles. The fraction of sp³-hybridized carbons (Fsp3) is 0.588. The van der Waals surface area contributed by atoms with E-state index in [1.54, 1.807) is 0 Å². The number of carbonyl (C=O) groups excluding carboxylic acids is 1. The summed E-state index contributed by atoms with van der Waals surface area (Å²) in [6.45, 7) is 6.27. The largest absolute Gasteiger partial charge is 0.494 e. The van der Waals surface area contributed by atoms with Gasteiger partial charge in [-0.1, -0.05) is 6.92 Å². The number of carbonyl (C=O) groups is 1. The lowest BCUT2D eigenvalue weighted by Gasteiger charge is -2.21. The zero-order valence-corrected chi connectivity index (χ0v) is 14.7. The van der Waals surface area contributed by atoms with Gasteiger partial charge in [0.25, 0.3) is 5.91 Å². The number of hydrogen-bond acceptors (Lipinski definition) is 4. The highest BCUT2D eigenvalue weighted by Gasteiger charge is 2.31. The molecule has 0 spiro atoms. The van der Waals surface area contributed by atoms with E-state index >= 15 is 0 Å². The molecule has 6 heteroatoms. The molecular weight excluding hydrogens is 316 g/mol. The van der Waals surface area contributed by atoms with Crippen LogP contribution in [0.4, 0.5) is 0 Å². The molecule has 1 aliphatic rings. The standard InChI is InChI=1S/C17H26N2O3.ClH/c1-3-8-21-15-4-6-16(7-5-15)22-12-17(20)19-11-14(10-18)9-13(19)2;/h4-7,13-14H,3,8-12,18H2,1-2H3;1H. The normalized spacial score (nSPS) is 20.0. The Bertz CT molecular complexity index is 481. The number of ether oxygens (including phenoxy) is 2. The van der Waals surface area contributed by atoms with Crippen LogP contribution < -0.4 is 15.2 Å². The van der Waals surface area contributed by atoms with Crippen LogP contribution in [-0.2, 0) is 4.79 Å². The van der Waals surface area contributed by atoms with Gasteiger partial charge in [-0.05, 0) is 56.5 Å². The first-order valence-electron chi connectivity index (χ1n) is 7.99. The van der Waals surface area contributed by atoms with E-state index in [9.17, 15) is 4.79 Å². The molecule has 1 heterocycles. The minimum absolute atomic E-state index is 0. The van der Waals surface area contributed by atoms with E-state index in [0.29, 0.717) is 24.8 Å². The molecule has 1 saturated heterocycles. The van der Waals surface area contributed by atoms with Crippen molar-refractivity contribution in [2.24, 2.45) is 11.7 Å². The van der Waals surface area contributed by atoms with Crippen molar-refractivity contribution in [1.82, 2.24) is 4.90 Å². The summed E-state index contributed by atoms with van der Waals surface area (Å²) < 4.78 is 11.1. The highest BCUT2D eigenvalue weighted by molar-refractivity contribution is 5.85. The fourth-order valence-electron chi connectivity index (χ4n) is 2.74. The molecule has 0 aromatic heterocycles. The first-order chi connectivity index (χ1) is 10.6. The summed E-state index contributed by atoms with van der Waals surface area (Å²) in [6.07, 6.45) is 1.95. The summed E-state index contributed by atoms with van der Waals surface area (Å²) in [5.74, 6) is 1.93. The van der Waals surface area contributed by atoms with Crippen LogP contribution in [0.5, 0.6) is 11.5 Å². The monoisotopic (exact) mass is 342 g/mol. The summed E-state index contributed by atoms with van der Waals surface area (Å²) in [4.78, 5) is 14.1. The molecule has 1 aromatic rings. The van der Waals surface area contributed by atoms with E-state index in [-0.39, 0.29) is 31.0 Å². The maximum absolute atomic E-state index is 12.2. The topological polar surface area (TPSA) is 64.8 Å². The van der Waals surface area contributed by atoms with Crippen LogP contribution in [0.3, 0.4) is 0 Å². The molecular formula is C17H27ClN2O3. The number of amides is 1. The molecule has 0 aliphatic carbocycles. The predicted molar refractivity (Wildman–Crippen MR) is 93.3 cm³/mol. The maximum atomic E-state index is 12.2. The van der Waals surface area contributed by atoms with Crippen molar-refractivity contribution in [3.63, 3.8) is 0 Å². The van der Waals surface area contributed by atoms with Gasteiger partial charge in [0.1, 0.15) is 11.5 Å². The molecule has 2 unspecified atom stereocenters. The second kappa shape index (κ2) is 9.63. The average Bonchev–Trinajstić information content (AvgIpc) is 2.92. The van der Waals surface area contributed by atoms with Crippen LogP contribution in [0.25, 0.3) is 0 Å². The number of rotatable bonds is 7. The van der Waals surface area contributed by atoms with Crippen molar-refractivity contribution in [1.29, 1.82) is 0 Å². The highest BCUT2D eigenvalue weighted by atomic mass is 35.5. The Labute approximate surface area is 144 Å². The van der Waals surface area contributed by atoms with Gasteiger partial charge >= 0.3 is 0 Å². The molecule has 1 amide bonds. The third-order valence-corrected chi connectivity index (χ3v) is 3.97. The molecule has 23 heavy (non-hydrogen) atoms.